The third-order valence-electron chi connectivity index (χ3n) is 3.91. The molecular formula is C20H14FN3. The van der Waals surface area contributed by atoms with Crippen molar-refractivity contribution in [3.05, 3.63) is 90.1 Å². The summed E-state index contributed by atoms with van der Waals surface area (Å²) in [5.74, 6) is -0.257. The Morgan fingerprint density at radius 3 is 2.38 bits per heavy atom. The highest BCUT2D eigenvalue weighted by atomic mass is 19.1. The van der Waals surface area contributed by atoms with Gasteiger partial charge in [-0.1, -0.05) is 30.3 Å². The molecule has 4 heteroatoms. The first kappa shape index (κ1) is 14.5. The molecule has 0 spiro atoms. The normalized spacial score (nSPS) is 10.9. The van der Waals surface area contributed by atoms with Gasteiger partial charge in [-0.25, -0.2) is 19.3 Å². The van der Waals surface area contributed by atoms with E-state index in [1.807, 2.05) is 30.3 Å². The van der Waals surface area contributed by atoms with Crippen LogP contribution >= 0.6 is 0 Å². The molecule has 0 N–H and O–H groups in total. The zero-order valence-corrected chi connectivity index (χ0v) is 12.9. The second kappa shape index (κ2) is 6.16. The summed E-state index contributed by atoms with van der Waals surface area (Å²) < 4.78 is 13.1. The average molecular weight is 315 g/mol. The smallest absolute Gasteiger partial charge is 0.123 e. The molecule has 0 saturated carbocycles. The Kier molecular flexibility index (Phi) is 3.71. The van der Waals surface area contributed by atoms with Gasteiger partial charge in [0.1, 0.15) is 17.7 Å². The van der Waals surface area contributed by atoms with Crippen LogP contribution in [0.2, 0.25) is 0 Å². The van der Waals surface area contributed by atoms with Gasteiger partial charge in [-0.05, 0) is 42.0 Å². The van der Waals surface area contributed by atoms with E-state index in [1.165, 1.54) is 17.7 Å². The van der Waals surface area contributed by atoms with Gasteiger partial charge in [-0.2, -0.15) is 0 Å². The fourth-order valence-corrected chi connectivity index (χ4v) is 2.69. The minimum absolute atomic E-state index is 0.257. The average Bonchev–Trinajstić information content (AvgIpc) is 2.63. The first-order chi connectivity index (χ1) is 11.8. The molecule has 4 rings (SSSR count). The third kappa shape index (κ3) is 2.86. The number of halogens is 1. The fraction of sp³-hybridized carbons (Fsp3) is 0.0500. The Labute approximate surface area is 138 Å². The highest BCUT2D eigenvalue weighted by Crippen LogP contribution is 2.22. The standard InChI is InChI=1S/C20H14FN3/c21-16-8-6-15(7-9-16)17-10-11-18-20(24-17)19(23-13-22-18)12-14-4-2-1-3-5-14/h1-11,13H,12H2. The summed E-state index contributed by atoms with van der Waals surface area (Å²) in [6, 6.07) is 20.3. The van der Waals surface area contributed by atoms with Crippen LogP contribution < -0.4 is 0 Å². The molecule has 2 aromatic heterocycles. The molecule has 0 aliphatic heterocycles. The monoisotopic (exact) mass is 315 g/mol. The lowest BCUT2D eigenvalue weighted by Crippen LogP contribution is -1.98. The molecule has 0 bridgehead atoms. The summed E-state index contributed by atoms with van der Waals surface area (Å²) in [5.41, 5.74) is 5.30. The van der Waals surface area contributed by atoms with Gasteiger partial charge in [0.05, 0.1) is 16.9 Å². The number of aromatic nitrogens is 3. The minimum Gasteiger partial charge on any atom is -0.244 e. The van der Waals surface area contributed by atoms with Crippen LogP contribution in [0, 0.1) is 5.82 Å². The van der Waals surface area contributed by atoms with Gasteiger partial charge in [0.2, 0.25) is 0 Å². The molecule has 0 unspecified atom stereocenters. The Balaban J connectivity index is 1.80. The Hall–Kier alpha value is -3.14. The predicted molar refractivity (Wildman–Crippen MR) is 92.0 cm³/mol. The van der Waals surface area contributed by atoms with E-state index in [4.69, 9.17) is 4.98 Å². The summed E-state index contributed by atoms with van der Waals surface area (Å²) in [7, 11) is 0. The van der Waals surface area contributed by atoms with Crippen LogP contribution in [0.15, 0.2) is 73.1 Å². The van der Waals surface area contributed by atoms with E-state index in [1.54, 1.807) is 18.5 Å². The largest absolute Gasteiger partial charge is 0.244 e. The number of pyridine rings is 1. The van der Waals surface area contributed by atoms with Gasteiger partial charge < -0.3 is 0 Å². The van der Waals surface area contributed by atoms with Gasteiger partial charge >= 0.3 is 0 Å². The van der Waals surface area contributed by atoms with Crippen LogP contribution in [0.4, 0.5) is 4.39 Å². The maximum atomic E-state index is 13.1. The Morgan fingerprint density at radius 2 is 1.58 bits per heavy atom. The Bertz CT molecular complexity index is 983. The molecule has 3 nitrogen and oxygen atoms in total. The van der Waals surface area contributed by atoms with E-state index < -0.39 is 0 Å². The van der Waals surface area contributed by atoms with Crippen molar-refractivity contribution < 1.29 is 4.39 Å². The van der Waals surface area contributed by atoms with Crippen LogP contribution in [0.1, 0.15) is 11.3 Å². The zero-order chi connectivity index (χ0) is 16.4. The van der Waals surface area contributed by atoms with Crippen molar-refractivity contribution >= 4 is 11.0 Å². The number of benzene rings is 2. The van der Waals surface area contributed by atoms with Crippen molar-refractivity contribution in [2.24, 2.45) is 0 Å². The topological polar surface area (TPSA) is 38.7 Å². The molecule has 0 atom stereocenters. The second-order valence-electron chi connectivity index (χ2n) is 5.55. The van der Waals surface area contributed by atoms with Crippen LogP contribution in [0.25, 0.3) is 22.3 Å². The molecule has 0 aliphatic rings. The number of rotatable bonds is 3. The predicted octanol–water partition coefficient (Wildman–Crippen LogP) is 4.42. The van der Waals surface area contributed by atoms with Crippen LogP contribution in [0.3, 0.4) is 0 Å². The molecule has 4 aromatic rings. The number of fused-ring (bicyclic) bond motifs is 1. The second-order valence-corrected chi connectivity index (χ2v) is 5.55. The highest BCUT2D eigenvalue weighted by Gasteiger charge is 2.09. The van der Waals surface area contributed by atoms with E-state index in [0.29, 0.717) is 6.42 Å². The molecule has 0 saturated heterocycles. The van der Waals surface area contributed by atoms with E-state index in [-0.39, 0.29) is 5.82 Å². The summed E-state index contributed by atoms with van der Waals surface area (Å²) in [5, 5.41) is 0. The van der Waals surface area contributed by atoms with Crippen LogP contribution in [-0.2, 0) is 6.42 Å². The number of nitrogens with zero attached hydrogens (tertiary/aromatic N) is 3. The van der Waals surface area contributed by atoms with Crippen molar-refractivity contribution in [1.82, 2.24) is 15.0 Å². The summed E-state index contributed by atoms with van der Waals surface area (Å²) >= 11 is 0. The van der Waals surface area contributed by atoms with Crippen molar-refractivity contribution in [3.8, 4) is 11.3 Å². The van der Waals surface area contributed by atoms with Crippen molar-refractivity contribution in [1.29, 1.82) is 0 Å². The molecule has 0 radical (unpaired) electrons. The maximum Gasteiger partial charge on any atom is 0.123 e. The first-order valence-corrected chi connectivity index (χ1v) is 7.70. The first-order valence-electron chi connectivity index (χ1n) is 7.70. The maximum absolute atomic E-state index is 13.1. The van der Waals surface area contributed by atoms with E-state index >= 15 is 0 Å². The molecule has 24 heavy (non-hydrogen) atoms. The van der Waals surface area contributed by atoms with Gasteiger partial charge in [0.15, 0.2) is 0 Å². The molecular weight excluding hydrogens is 301 g/mol. The van der Waals surface area contributed by atoms with E-state index in [0.717, 1.165) is 28.0 Å². The van der Waals surface area contributed by atoms with E-state index in [2.05, 4.69) is 22.1 Å². The summed E-state index contributed by atoms with van der Waals surface area (Å²) in [6.45, 7) is 0. The summed E-state index contributed by atoms with van der Waals surface area (Å²) in [4.78, 5) is 13.4. The lowest BCUT2D eigenvalue weighted by Gasteiger charge is -2.07. The molecule has 0 fully saturated rings. The lowest BCUT2D eigenvalue weighted by atomic mass is 10.1. The van der Waals surface area contributed by atoms with Crippen molar-refractivity contribution in [3.63, 3.8) is 0 Å². The number of hydrogen-bond donors (Lipinski definition) is 0. The van der Waals surface area contributed by atoms with Crippen molar-refractivity contribution in [2.45, 2.75) is 6.42 Å². The number of hydrogen-bond acceptors (Lipinski definition) is 3. The molecule has 116 valence electrons. The highest BCUT2D eigenvalue weighted by molar-refractivity contribution is 5.80. The summed E-state index contributed by atoms with van der Waals surface area (Å²) in [6.07, 6.45) is 2.26. The van der Waals surface area contributed by atoms with Crippen LogP contribution in [-0.4, -0.2) is 15.0 Å². The minimum atomic E-state index is -0.257. The van der Waals surface area contributed by atoms with Gasteiger partial charge in [0, 0.05) is 12.0 Å². The van der Waals surface area contributed by atoms with Gasteiger partial charge in [0.25, 0.3) is 0 Å². The molecule has 0 aliphatic carbocycles. The van der Waals surface area contributed by atoms with Gasteiger partial charge in [-0.15, -0.1) is 0 Å². The molecule has 2 aromatic carbocycles. The zero-order valence-electron chi connectivity index (χ0n) is 12.9. The van der Waals surface area contributed by atoms with Crippen LogP contribution in [0.5, 0.6) is 0 Å². The lowest BCUT2D eigenvalue weighted by molar-refractivity contribution is 0.628. The molecule has 0 amide bonds. The van der Waals surface area contributed by atoms with Crippen molar-refractivity contribution in [2.75, 3.05) is 0 Å². The third-order valence-corrected chi connectivity index (χ3v) is 3.91. The quantitative estimate of drug-likeness (QED) is 0.561. The molecule has 2 heterocycles. The van der Waals surface area contributed by atoms with Gasteiger partial charge in [-0.3, -0.25) is 0 Å². The van der Waals surface area contributed by atoms with E-state index in [9.17, 15) is 4.39 Å². The Morgan fingerprint density at radius 1 is 0.792 bits per heavy atom. The SMILES string of the molecule is Fc1ccc(-c2ccc3ncnc(Cc4ccccc4)c3n2)cc1. The fourth-order valence-electron chi connectivity index (χ4n) is 2.69.